The molecular formula is C53H88N6O8. The molecule has 67 heavy (non-hydrogen) atoms. The first-order valence-electron chi connectivity index (χ1n) is 25.6. The van der Waals surface area contributed by atoms with E-state index in [9.17, 15) is 24.0 Å². The molecule has 14 heteroatoms. The van der Waals surface area contributed by atoms with Crippen molar-refractivity contribution in [2.24, 2.45) is 41.2 Å². The Kier molecular flexibility index (Phi) is 22.9. The fraction of sp³-hybridized carbons (Fsp3) is 0.755. The first kappa shape index (κ1) is 55.9. The van der Waals surface area contributed by atoms with E-state index in [4.69, 9.17) is 20.0 Å². The number of Topliss-reactive ketones (excluding diaryl/α,β-unsaturated/α-hetero) is 2. The largest absolute Gasteiger partial charge is 0.379 e. The van der Waals surface area contributed by atoms with Gasteiger partial charge in [-0.2, -0.15) is 0 Å². The SMILES string of the molecule is CC[C@H](C)[C@@H]([C@@H](CC(=O)N1CCC[C@H]1[C@H](OC)[C@@H](C)C(=O)C[C@@H](Cc1c[nH]c2ccccc12)C(=O)N1CCCCO1)OC)N(C)C(=O)[C@@H](CC(=O)[C@H](C(C)C)N(C)CCCCCCN)C(C)C. The Morgan fingerprint density at radius 3 is 2.21 bits per heavy atom. The van der Waals surface area contributed by atoms with Crippen LogP contribution in [0.5, 0.6) is 0 Å². The lowest BCUT2D eigenvalue weighted by Crippen LogP contribution is -2.54. The summed E-state index contributed by atoms with van der Waals surface area (Å²) in [5, 5.41) is 2.46. The molecule has 0 unspecified atom stereocenters. The fourth-order valence-corrected chi connectivity index (χ4v) is 10.9. The molecule has 0 aliphatic carbocycles. The number of aromatic amines is 1. The summed E-state index contributed by atoms with van der Waals surface area (Å²) >= 11 is 0. The van der Waals surface area contributed by atoms with Crippen molar-refractivity contribution in [1.29, 1.82) is 0 Å². The van der Waals surface area contributed by atoms with Crippen molar-refractivity contribution in [2.75, 3.05) is 61.1 Å². The van der Waals surface area contributed by atoms with Crippen LogP contribution in [-0.4, -0.2) is 145 Å². The number of amides is 3. The lowest BCUT2D eigenvalue weighted by atomic mass is 9.83. The maximum atomic E-state index is 14.7. The number of H-pyrrole nitrogens is 1. The van der Waals surface area contributed by atoms with E-state index in [1.165, 1.54) is 5.06 Å². The number of nitrogens with zero attached hydrogens (tertiary/aromatic N) is 4. The summed E-state index contributed by atoms with van der Waals surface area (Å²) in [5.74, 6) is -2.26. The van der Waals surface area contributed by atoms with Gasteiger partial charge in [-0.3, -0.25) is 33.7 Å². The highest BCUT2D eigenvalue weighted by molar-refractivity contribution is 5.91. The molecule has 3 heterocycles. The van der Waals surface area contributed by atoms with E-state index in [1.807, 2.05) is 63.2 Å². The van der Waals surface area contributed by atoms with Crippen molar-refractivity contribution in [3.05, 3.63) is 36.0 Å². The minimum absolute atomic E-state index is 0.00993. The molecule has 0 spiro atoms. The molecule has 3 N–H and O–H groups in total. The molecule has 1 aromatic heterocycles. The fourth-order valence-electron chi connectivity index (χ4n) is 10.9. The summed E-state index contributed by atoms with van der Waals surface area (Å²) in [4.78, 5) is 86.7. The van der Waals surface area contributed by atoms with E-state index in [0.717, 1.165) is 74.4 Å². The van der Waals surface area contributed by atoms with Crippen LogP contribution in [0.4, 0.5) is 0 Å². The molecule has 4 rings (SSSR count). The van der Waals surface area contributed by atoms with Gasteiger partial charge in [-0.05, 0) is 94.5 Å². The van der Waals surface area contributed by atoms with Gasteiger partial charge in [0, 0.05) is 76.1 Å². The van der Waals surface area contributed by atoms with Crippen molar-refractivity contribution in [3.8, 4) is 0 Å². The number of carbonyl (C=O) groups excluding carboxylic acids is 5. The number of unbranched alkanes of at least 4 members (excludes halogenated alkanes) is 3. The molecule has 2 aliphatic rings. The van der Waals surface area contributed by atoms with Gasteiger partial charge in [0.15, 0.2) is 5.78 Å². The van der Waals surface area contributed by atoms with Gasteiger partial charge in [-0.15, -0.1) is 0 Å². The summed E-state index contributed by atoms with van der Waals surface area (Å²) in [7, 11) is 6.99. The molecule has 14 nitrogen and oxygen atoms in total. The van der Waals surface area contributed by atoms with Crippen LogP contribution in [0, 0.1) is 35.5 Å². The highest BCUT2D eigenvalue weighted by Crippen LogP contribution is 2.33. The summed E-state index contributed by atoms with van der Waals surface area (Å²) in [5.41, 5.74) is 7.63. The zero-order valence-electron chi connectivity index (χ0n) is 43.1. The van der Waals surface area contributed by atoms with Crippen molar-refractivity contribution in [3.63, 3.8) is 0 Å². The number of ether oxygens (including phenoxy) is 2. The molecule has 3 amide bonds. The van der Waals surface area contributed by atoms with E-state index >= 15 is 0 Å². The maximum absolute atomic E-state index is 14.7. The second-order valence-electron chi connectivity index (χ2n) is 20.4. The van der Waals surface area contributed by atoms with Crippen LogP contribution < -0.4 is 5.73 Å². The predicted molar refractivity (Wildman–Crippen MR) is 265 cm³/mol. The average molecular weight is 937 g/mol. The number of nitrogens with one attached hydrogen (secondary N) is 1. The van der Waals surface area contributed by atoms with Crippen LogP contribution >= 0.6 is 0 Å². The molecule has 378 valence electrons. The molecular weight excluding hydrogens is 849 g/mol. The third-order valence-corrected chi connectivity index (χ3v) is 15.0. The number of rotatable bonds is 29. The number of nitrogens with two attached hydrogens (primary N) is 1. The standard InChI is InChI=1S/C53H88N6O8/c1-12-37(6)50(57(9)53(64)42(35(2)3)32-46(61)49(36(4)5)56(8)26-18-14-13-17-25-54)47(65-10)33-48(62)58-27-21-24-44(58)51(66-11)38(7)45(60)31-39(52(63)59-28-19-20-29-67-59)30-40-34-55-43-23-16-15-22-41(40)43/h15-16,22-23,34-39,42,44,47,49-51,55H,12-14,17-21,24-33,54H2,1-11H3/t37-,38-,39+,42-,44-,47+,49-,50-,51+/m0/s1. The summed E-state index contributed by atoms with van der Waals surface area (Å²) < 4.78 is 12.3. The molecule has 2 aromatic rings. The summed E-state index contributed by atoms with van der Waals surface area (Å²) in [6.07, 6.45) is 9.28. The number of aromatic nitrogens is 1. The maximum Gasteiger partial charge on any atom is 0.250 e. The lowest BCUT2D eigenvalue weighted by molar-refractivity contribution is -0.201. The quantitative estimate of drug-likeness (QED) is 0.0782. The Labute approximate surface area is 402 Å². The van der Waals surface area contributed by atoms with Crippen molar-refractivity contribution < 1.29 is 38.3 Å². The number of para-hydroxylation sites is 1. The summed E-state index contributed by atoms with van der Waals surface area (Å²) in [6.45, 7) is 17.1. The van der Waals surface area contributed by atoms with E-state index < -0.39 is 36.0 Å². The van der Waals surface area contributed by atoms with E-state index in [1.54, 1.807) is 26.2 Å². The normalized spacial score (nSPS) is 19.4. The van der Waals surface area contributed by atoms with E-state index in [2.05, 4.69) is 37.6 Å². The van der Waals surface area contributed by atoms with Crippen molar-refractivity contribution in [1.82, 2.24) is 24.7 Å². The lowest BCUT2D eigenvalue weighted by Gasteiger charge is -2.41. The molecule has 9 atom stereocenters. The molecule has 0 saturated carbocycles. The number of hydrogen-bond acceptors (Lipinski definition) is 10. The molecule has 2 aliphatic heterocycles. The van der Waals surface area contributed by atoms with Crippen LogP contribution in [0.25, 0.3) is 10.9 Å². The minimum Gasteiger partial charge on any atom is -0.379 e. The molecule has 0 bridgehead atoms. The zero-order chi connectivity index (χ0) is 49.4. The van der Waals surface area contributed by atoms with Gasteiger partial charge in [0.05, 0.1) is 49.3 Å². The van der Waals surface area contributed by atoms with Gasteiger partial charge in [0.2, 0.25) is 17.7 Å². The third kappa shape index (κ3) is 14.9. The van der Waals surface area contributed by atoms with Crippen LogP contribution in [0.15, 0.2) is 30.5 Å². The van der Waals surface area contributed by atoms with Gasteiger partial charge in [-0.25, -0.2) is 5.06 Å². The Bertz CT molecular complexity index is 1860. The van der Waals surface area contributed by atoms with Crippen molar-refractivity contribution >= 4 is 40.2 Å². The monoisotopic (exact) mass is 937 g/mol. The summed E-state index contributed by atoms with van der Waals surface area (Å²) in [6, 6.07) is 6.85. The number of hydrogen-bond donors (Lipinski definition) is 2. The van der Waals surface area contributed by atoms with Gasteiger partial charge >= 0.3 is 0 Å². The number of fused-ring (bicyclic) bond motifs is 1. The molecule has 1 aromatic carbocycles. The van der Waals surface area contributed by atoms with Gasteiger partial charge < -0.3 is 30.0 Å². The number of likely N-dealkylation sites (tertiary alicyclic amines) is 1. The van der Waals surface area contributed by atoms with Crippen LogP contribution in [0.2, 0.25) is 0 Å². The van der Waals surface area contributed by atoms with Gasteiger partial charge in [0.25, 0.3) is 0 Å². The second-order valence-corrected chi connectivity index (χ2v) is 20.4. The number of carbonyl (C=O) groups is 5. The number of hydroxylamine groups is 2. The van der Waals surface area contributed by atoms with Crippen LogP contribution in [0.3, 0.4) is 0 Å². The van der Waals surface area contributed by atoms with Crippen molar-refractivity contribution in [2.45, 2.75) is 162 Å². The molecule has 2 saturated heterocycles. The molecule has 2 fully saturated rings. The van der Waals surface area contributed by atoms with E-state index in [-0.39, 0.29) is 78.4 Å². The number of ketones is 2. The topological polar surface area (TPSA) is 168 Å². The Morgan fingerprint density at radius 2 is 1.58 bits per heavy atom. The highest BCUT2D eigenvalue weighted by atomic mass is 16.7. The number of benzene rings is 1. The highest BCUT2D eigenvalue weighted by Gasteiger charge is 2.44. The Balaban J connectivity index is 1.49. The Morgan fingerprint density at radius 1 is 0.866 bits per heavy atom. The number of likely N-dealkylation sites (N-methyl/N-ethyl adjacent to an activating group) is 2. The second kappa shape index (κ2) is 27.5. The van der Waals surface area contributed by atoms with Gasteiger partial charge in [0.1, 0.15) is 5.78 Å². The number of methoxy groups -OCH3 is 2. The van der Waals surface area contributed by atoms with E-state index in [0.29, 0.717) is 39.1 Å². The Hall–Kier alpha value is -3.69. The predicted octanol–water partition coefficient (Wildman–Crippen LogP) is 7.47. The van der Waals surface area contributed by atoms with Crippen LogP contribution in [-0.2, 0) is 44.7 Å². The first-order chi connectivity index (χ1) is 32.0. The minimum atomic E-state index is -0.640. The zero-order valence-corrected chi connectivity index (χ0v) is 43.1. The van der Waals surface area contributed by atoms with Crippen LogP contribution in [0.1, 0.15) is 131 Å². The average Bonchev–Trinajstić information content (AvgIpc) is 3.97. The molecule has 0 radical (unpaired) electrons. The van der Waals surface area contributed by atoms with Gasteiger partial charge in [-0.1, -0.05) is 85.9 Å². The smallest absolute Gasteiger partial charge is 0.250 e. The third-order valence-electron chi connectivity index (χ3n) is 15.0. The first-order valence-corrected chi connectivity index (χ1v) is 25.6.